The van der Waals surface area contributed by atoms with Crippen molar-refractivity contribution in [3.05, 3.63) is 22.7 Å². The van der Waals surface area contributed by atoms with E-state index in [-0.39, 0.29) is 17.3 Å². The molecule has 1 saturated heterocycles. The van der Waals surface area contributed by atoms with Gasteiger partial charge in [0.1, 0.15) is 5.65 Å². The molecule has 130 valence electrons. The predicted molar refractivity (Wildman–Crippen MR) is 91.5 cm³/mol. The Bertz CT molecular complexity index is 753. The summed E-state index contributed by atoms with van der Waals surface area (Å²) in [6.45, 7) is 7.76. The Kier molecular flexibility index (Phi) is 5.06. The number of aromatic nitrogens is 3. The molecule has 0 aromatic carbocycles. The molecule has 24 heavy (non-hydrogen) atoms. The lowest BCUT2D eigenvalue weighted by atomic mass is 9.92. The summed E-state index contributed by atoms with van der Waals surface area (Å²) >= 11 is 6.01. The quantitative estimate of drug-likeness (QED) is 0.622. The molecule has 1 aliphatic heterocycles. The van der Waals surface area contributed by atoms with Gasteiger partial charge in [0.05, 0.1) is 17.6 Å². The molecule has 0 aliphatic carbocycles. The van der Waals surface area contributed by atoms with E-state index >= 15 is 0 Å². The summed E-state index contributed by atoms with van der Waals surface area (Å²) in [5, 5.41) is 0.866. The molecule has 2 aromatic rings. The summed E-state index contributed by atoms with van der Waals surface area (Å²) in [6.07, 6.45) is 3.60. The third-order valence-corrected chi connectivity index (χ3v) is 4.98. The minimum Gasteiger partial charge on any atom is -0.462 e. The number of hydrogen-bond acceptors (Lipinski definition) is 5. The molecule has 2 aromatic heterocycles. The highest BCUT2D eigenvalue weighted by Crippen LogP contribution is 2.35. The van der Waals surface area contributed by atoms with Crippen molar-refractivity contribution >= 4 is 28.6 Å². The van der Waals surface area contributed by atoms with Crippen LogP contribution in [-0.4, -0.2) is 40.3 Å². The van der Waals surface area contributed by atoms with E-state index in [1.165, 1.54) is 0 Å². The molecule has 7 heteroatoms. The second-order valence-corrected chi connectivity index (χ2v) is 6.46. The summed E-state index contributed by atoms with van der Waals surface area (Å²) < 4.78 is 12.8. The lowest BCUT2D eigenvalue weighted by Crippen LogP contribution is -2.25. The number of fused-ring (bicyclic) bond motifs is 1. The summed E-state index contributed by atoms with van der Waals surface area (Å²) in [4.78, 5) is 20.9. The first-order valence-corrected chi connectivity index (χ1v) is 8.70. The molecule has 3 rings (SSSR count). The van der Waals surface area contributed by atoms with Crippen LogP contribution in [0, 0.1) is 12.8 Å². The molecule has 0 N–H and O–H groups in total. The lowest BCUT2D eigenvalue weighted by molar-refractivity contribution is 0.0504. The minimum absolute atomic E-state index is 0.177. The van der Waals surface area contributed by atoms with Crippen LogP contribution in [0.3, 0.4) is 0 Å². The SMILES string of the molecule is CCOC(=O)c1c(C)n([C@@H](C)C2CCOCC2)c2nc(Cl)ncc12. The summed E-state index contributed by atoms with van der Waals surface area (Å²) in [7, 11) is 0. The fourth-order valence-corrected chi connectivity index (χ4v) is 3.68. The van der Waals surface area contributed by atoms with Crippen LogP contribution in [-0.2, 0) is 9.47 Å². The van der Waals surface area contributed by atoms with Gasteiger partial charge in [-0.25, -0.2) is 9.78 Å². The van der Waals surface area contributed by atoms with Crippen molar-refractivity contribution in [3.63, 3.8) is 0 Å². The number of nitrogens with zero attached hydrogens (tertiary/aromatic N) is 3. The average molecular weight is 352 g/mol. The molecule has 0 spiro atoms. The van der Waals surface area contributed by atoms with Crippen molar-refractivity contribution in [2.75, 3.05) is 19.8 Å². The first-order valence-electron chi connectivity index (χ1n) is 8.32. The standard InChI is InChI=1S/C17H22ClN3O3/c1-4-24-16(22)14-11(3)21(10(2)12-5-7-23-8-6-12)15-13(14)9-19-17(18)20-15/h9-10,12H,4-8H2,1-3H3/t10-/m0/s1. The number of rotatable bonds is 4. The smallest absolute Gasteiger partial charge is 0.340 e. The number of halogens is 1. The van der Waals surface area contributed by atoms with Gasteiger partial charge in [-0.05, 0) is 51.1 Å². The van der Waals surface area contributed by atoms with Gasteiger partial charge in [-0.3, -0.25) is 0 Å². The molecule has 0 saturated carbocycles. The minimum atomic E-state index is -0.344. The van der Waals surface area contributed by atoms with Crippen LogP contribution in [0.5, 0.6) is 0 Å². The van der Waals surface area contributed by atoms with Crippen LogP contribution in [0.25, 0.3) is 11.0 Å². The van der Waals surface area contributed by atoms with Crippen LogP contribution >= 0.6 is 11.6 Å². The second kappa shape index (κ2) is 7.07. The fraction of sp³-hybridized carbons (Fsp3) is 0.588. The van der Waals surface area contributed by atoms with Gasteiger partial charge in [-0.2, -0.15) is 4.98 Å². The van der Waals surface area contributed by atoms with Crippen molar-refractivity contribution in [1.29, 1.82) is 0 Å². The Morgan fingerprint density at radius 1 is 1.50 bits per heavy atom. The molecule has 0 bridgehead atoms. The number of esters is 1. The maximum Gasteiger partial charge on any atom is 0.340 e. The van der Waals surface area contributed by atoms with E-state index < -0.39 is 0 Å². The van der Waals surface area contributed by atoms with Gasteiger partial charge >= 0.3 is 5.97 Å². The molecule has 0 unspecified atom stereocenters. The molecule has 0 radical (unpaired) electrons. The van der Waals surface area contributed by atoms with Gasteiger partial charge in [-0.1, -0.05) is 0 Å². The Hall–Kier alpha value is -1.66. The van der Waals surface area contributed by atoms with Gasteiger partial charge in [0.25, 0.3) is 0 Å². The van der Waals surface area contributed by atoms with Crippen molar-refractivity contribution in [2.24, 2.45) is 5.92 Å². The monoisotopic (exact) mass is 351 g/mol. The first kappa shape index (κ1) is 17.2. The summed E-state index contributed by atoms with van der Waals surface area (Å²) in [5.41, 5.74) is 2.07. The molecular weight excluding hydrogens is 330 g/mol. The molecule has 1 atom stereocenters. The van der Waals surface area contributed by atoms with Gasteiger partial charge in [0.15, 0.2) is 0 Å². The topological polar surface area (TPSA) is 66.2 Å². The van der Waals surface area contributed by atoms with Gasteiger partial charge < -0.3 is 14.0 Å². The van der Waals surface area contributed by atoms with Crippen LogP contribution in [0.15, 0.2) is 6.20 Å². The molecule has 3 heterocycles. The van der Waals surface area contributed by atoms with E-state index in [0.717, 1.165) is 31.7 Å². The van der Waals surface area contributed by atoms with E-state index in [1.807, 2.05) is 6.92 Å². The molecule has 0 amide bonds. The van der Waals surface area contributed by atoms with E-state index in [2.05, 4.69) is 21.5 Å². The third-order valence-electron chi connectivity index (χ3n) is 4.79. The first-order chi connectivity index (χ1) is 11.5. The maximum atomic E-state index is 12.4. The average Bonchev–Trinajstić information content (AvgIpc) is 2.86. The largest absolute Gasteiger partial charge is 0.462 e. The van der Waals surface area contributed by atoms with Crippen LogP contribution < -0.4 is 0 Å². The molecule has 1 fully saturated rings. The normalized spacial score (nSPS) is 17.2. The molecule has 6 nitrogen and oxygen atoms in total. The Labute approximate surface area is 146 Å². The van der Waals surface area contributed by atoms with E-state index in [0.29, 0.717) is 29.1 Å². The lowest BCUT2D eigenvalue weighted by Gasteiger charge is -2.30. The number of carbonyl (C=O) groups excluding carboxylic acids is 1. The maximum absolute atomic E-state index is 12.4. The van der Waals surface area contributed by atoms with Crippen LogP contribution in [0.2, 0.25) is 5.28 Å². The summed E-state index contributed by atoms with van der Waals surface area (Å²) in [6, 6.07) is 0.186. The number of hydrogen-bond donors (Lipinski definition) is 0. The Morgan fingerprint density at radius 3 is 2.88 bits per heavy atom. The van der Waals surface area contributed by atoms with Gasteiger partial charge in [0.2, 0.25) is 5.28 Å². The van der Waals surface area contributed by atoms with E-state index in [9.17, 15) is 4.79 Å². The molecular formula is C17H22ClN3O3. The number of ether oxygens (including phenoxy) is 2. The Morgan fingerprint density at radius 2 is 2.21 bits per heavy atom. The van der Waals surface area contributed by atoms with Crippen LogP contribution in [0.1, 0.15) is 48.8 Å². The highest BCUT2D eigenvalue weighted by molar-refractivity contribution is 6.28. The zero-order valence-electron chi connectivity index (χ0n) is 14.2. The van der Waals surface area contributed by atoms with Gasteiger partial charge in [-0.15, -0.1) is 0 Å². The highest BCUT2D eigenvalue weighted by Gasteiger charge is 2.29. The predicted octanol–water partition coefficient (Wildman–Crippen LogP) is 3.56. The highest BCUT2D eigenvalue weighted by atomic mass is 35.5. The number of carbonyl (C=O) groups is 1. The third kappa shape index (κ3) is 3.00. The molecule has 1 aliphatic rings. The van der Waals surface area contributed by atoms with E-state index in [4.69, 9.17) is 21.1 Å². The van der Waals surface area contributed by atoms with E-state index in [1.54, 1.807) is 13.1 Å². The Balaban J connectivity index is 2.13. The zero-order chi connectivity index (χ0) is 17.3. The van der Waals surface area contributed by atoms with Crippen LogP contribution in [0.4, 0.5) is 0 Å². The van der Waals surface area contributed by atoms with Crippen molar-refractivity contribution in [3.8, 4) is 0 Å². The van der Waals surface area contributed by atoms with Gasteiger partial charge in [0, 0.05) is 31.1 Å². The van der Waals surface area contributed by atoms with Crippen molar-refractivity contribution in [2.45, 2.75) is 39.7 Å². The fourth-order valence-electron chi connectivity index (χ4n) is 3.55. The van der Waals surface area contributed by atoms with Crippen molar-refractivity contribution in [1.82, 2.24) is 14.5 Å². The van der Waals surface area contributed by atoms with Crippen molar-refractivity contribution < 1.29 is 14.3 Å². The zero-order valence-corrected chi connectivity index (χ0v) is 15.0. The summed E-state index contributed by atoms with van der Waals surface area (Å²) in [5.74, 6) is 0.126. The second-order valence-electron chi connectivity index (χ2n) is 6.12.